The molecular weight excluding hydrogens is 525 g/mol. The summed E-state index contributed by atoms with van der Waals surface area (Å²) in [6, 6.07) is 17.2. The topological polar surface area (TPSA) is 63.5 Å². The number of aromatic nitrogens is 2. The fraction of sp³-hybridized carbons (Fsp3) is 0.385. The van der Waals surface area contributed by atoms with Crippen LogP contribution in [0.25, 0.3) is 11.1 Å². The predicted octanol–water partition coefficient (Wildman–Crippen LogP) is 5.09. The number of hydrogen-bond acceptors (Lipinski definition) is 3. The average Bonchev–Trinajstić information content (AvgIpc) is 3.33. The van der Waals surface area contributed by atoms with E-state index in [0.29, 0.717) is 6.54 Å². The number of nitrogens with zero attached hydrogens (tertiary/aromatic N) is 3. The number of rotatable bonds is 12. The van der Waals surface area contributed by atoms with Crippen LogP contribution in [0, 0.1) is 0 Å². The third kappa shape index (κ3) is 9.17. The summed E-state index contributed by atoms with van der Waals surface area (Å²) in [5, 5.41) is 6.77. The summed E-state index contributed by atoms with van der Waals surface area (Å²) in [7, 11) is 0. The van der Waals surface area contributed by atoms with Crippen molar-refractivity contribution in [2.24, 2.45) is 4.99 Å². The van der Waals surface area contributed by atoms with Gasteiger partial charge in [-0.2, -0.15) is 0 Å². The van der Waals surface area contributed by atoms with Crippen LogP contribution in [0.2, 0.25) is 0 Å². The second kappa shape index (κ2) is 15.4. The smallest absolute Gasteiger partial charge is 0.191 e. The molecule has 0 unspecified atom stereocenters. The van der Waals surface area contributed by atoms with E-state index in [1.54, 1.807) is 0 Å². The molecule has 0 amide bonds. The molecule has 2 N–H and O–H groups in total. The molecule has 0 atom stereocenters. The van der Waals surface area contributed by atoms with Crippen LogP contribution in [0.5, 0.6) is 0 Å². The van der Waals surface area contributed by atoms with Crippen LogP contribution >= 0.6 is 24.0 Å². The number of benzene rings is 2. The first-order valence-corrected chi connectivity index (χ1v) is 11.5. The highest BCUT2D eigenvalue weighted by atomic mass is 127. The van der Waals surface area contributed by atoms with E-state index < -0.39 is 0 Å². The first kappa shape index (κ1) is 26.9. The highest BCUT2D eigenvalue weighted by molar-refractivity contribution is 14.0. The molecule has 0 radical (unpaired) electrons. The van der Waals surface area contributed by atoms with Gasteiger partial charge in [-0.1, -0.05) is 48.5 Å². The summed E-state index contributed by atoms with van der Waals surface area (Å²) >= 11 is 0. The Morgan fingerprint density at radius 3 is 2.58 bits per heavy atom. The standard InChI is InChI=1S/C26H35N5O.HI/c1-3-28-26(29-15-7-8-18-32-4-2)30-19-24-9-5-6-10-25(24)23-13-11-22(12-14-23)20-31-17-16-27-21-31;/h5-6,9-14,16-17,21H,3-4,7-8,15,18-20H2,1-2H3,(H2,28,29,30);1H. The Bertz CT molecular complexity index is 942. The van der Waals surface area contributed by atoms with E-state index in [9.17, 15) is 0 Å². The highest BCUT2D eigenvalue weighted by Gasteiger charge is 2.06. The number of guanidine groups is 1. The van der Waals surface area contributed by atoms with Gasteiger partial charge in [0.2, 0.25) is 0 Å². The van der Waals surface area contributed by atoms with Crippen molar-refractivity contribution in [3.63, 3.8) is 0 Å². The lowest BCUT2D eigenvalue weighted by Gasteiger charge is -2.13. The maximum atomic E-state index is 5.40. The Labute approximate surface area is 214 Å². The third-order valence-electron chi connectivity index (χ3n) is 5.17. The number of hydrogen-bond donors (Lipinski definition) is 2. The lowest BCUT2D eigenvalue weighted by atomic mass is 9.98. The molecule has 0 fully saturated rings. The van der Waals surface area contributed by atoms with Crippen molar-refractivity contribution in [3.8, 4) is 11.1 Å². The van der Waals surface area contributed by atoms with Crippen molar-refractivity contribution >= 4 is 29.9 Å². The van der Waals surface area contributed by atoms with Gasteiger partial charge in [0.05, 0.1) is 12.9 Å². The van der Waals surface area contributed by atoms with Gasteiger partial charge in [0.25, 0.3) is 0 Å². The molecule has 1 aromatic heterocycles. The van der Waals surface area contributed by atoms with Gasteiger partial charge in [-0.3, -0.25) is 0 Å². The van der Waals surface area contributed by atoms with Crippen molar-refractivity contribution in [1.82, 2.24) is 20.2 Å². The predicted molar refractivity (Wildman–Crippen MR) is 147 cm³/mol. The van der Waals surface area contributed by atoms with E-state index in [1.807, 2.05) is 25.6 Å². The van der Waals surface area contributed by atoms with E-state index in [1.165, 1.54) is 22.3 Å². The van der Waals surface area contributed by atoms with Crippen LogP contribution in [0.4, 0.5) is 0 Å². The molecule has 0 aliphatic rings. The number of nitrogens with one attached hydrogen (secondary N) is 2. The summed E-state index contributed by atoms with van der Waals surface area (Å²) in [6.45, 7) is 8.90. The number of aliphatic imine (C=N–C) groups is 1. The summed E-state index contributed by atoms with van der Waals surface area (Å²) in [5.41, 5.74) is 4.89. The highest BCUT2D eigenvalue weighted by Crippen LogP contribution is 2.25. The summed E-state index contributed by atoms with van der Waals surface area (Å²) in [5.74, 6) is 0.856. The summed E-state index contributed by atoms with van der Waals surface area (Å²) in [4.78, 5) is 8.94. The Balaban J connectivity index is 0.00000385. The van der Waals surface area contributed by atoms with Crippen LogP contribution in [0.1, 0.15) is 37.8 Å². The molecule has 6 nitrogen and oxygen atoms in total. The lowest BCUT2D eigenvalue weighted by Crippen LogP contribution is -2.37. The van der Waals surface area contributed by atoms with Crippen molar-refractivity contribution < 1.29 is 4.74 Å². The minimum atomic E-state index is 0. The minimum absolute atomic E-state index is 0. The van der Waals surface area contributed by atoms with Gasteiger partial charge in [0, 0.05) is 45.2 Å². The summed E-state index contributed by atoms with van der Waals surface area (Å²) in [6.07, 6.45) is 7.75. The van der Waals surface area contributed by atoms with E-state index in [2.05, 4.69) is 75.6 Å². The quantitative estimate of drug-likeness (QED) is 0.140. The maximum Gasteiger partial charge on any atom is 0.191 e. The van der Waals surface area contributed by atoms with E-state index >= 15 is 0 Å². The van der Waals surface area contributed by atoms with E-state index in [0.717, 1.165) is 51.6 Å². The van der Waals surface area contributed by atoms with Gasteiger partial charge in [-0.15, -0.1) is 24.0 Å². The van der Waals surface area contributed by atoms with Crippen LogP contribution < -0.4 is 10.6 Å². The molecule has 3 aromatic rings. The Hall–Kier alpha value is -2.39. The first-order valence-electron chi connectivity index (χ1n) is 11.5. The van der Waals surface area contributed by atoms with Crippen molar-refractivity contribution in [2.45, 2.75) is 39.8 Å². The number of unbranched alkanes of at least 4 members (excludes halogenated alkanes) is 1. The molecule has 0 saturated carbocycles. The third-order valence-corrected chi connectivity index (χ3v) is 5.17. The Kier molecular flexibility index (Phi) is 12.6. The molecule has 0 saturated heterocycles. The lowest BCUT2D eigenvalue weighted by molar-refractivity contribution is 0.143. The molecule has 0 spiro atoms. The SMILES string of the molecule is CCNC(=NCc1ccccc1-c1ccc(Cn2ccnc2)cc1)NCCCCOCC.I. The van der Waals surface area contributed by atoms with Crippen molar-refractivity contribution in [1.29, 1.82) is 0 Å². The van der Waals surface area contributed by atoms with Gasteiger partial charge in [-0.05, 0) is 48.9 Å². The average molecular weight is 562 g/mol. The monoisotopic (exact) mass is 561 g/mol. The molecule has 178 valence electrons. The molecular formula is C26H36IN5O. The van der Waals surface area contributed by atoms with Crippen LogP contribution in [0.3, 0.4) is 0 Å². The molecule has 0 bridgehead atoms. The van der Waals surface area contributed by atoms with Gasteiger partial charge in [0.1, 0.15) is 0 Å². The Morgan fingerprint density at radius 2 is 1.85 bits per heavy atom. The maximum absolute atomic E-state index is 5.40. The number of halogens is 1. The normalized spacial score (nSPS) is 11.2. The molecule has 7 heteroatoms. The molecule has 1 heterocycles. The number of imidazole rings is 1. The molecule has 0 aliphatic carbocycles. The van der Waals surface area contributed by atoms with Crippen molar-refractivity contribution in [3.05, 3.63) is 78.4 Å². The van der Waals surface area contributed by atoms with E-state index in [-0.39, 0.29) is 24.0 Å². The first-order chi connectivity index (χ1) is 15.8. The van der Waals surface area contributed by atoms with Gasteiger partial charge < -0.3 is 19.9 Å². The largest absolute Gasteiger partial charge is 0.382 e. The zero-order valence-corrected chi connectivity index (χ0v) is 22.0. The molecule has 3 rings (SSSR count). The minimum Gasteiger partial charge on any atom is -0.382 e. The Morgan fingerprint density at radius 1 is 1.03 bits per heavy atom. The van der Waals surface area contributed by atoms with Gasteiger partial charge in [0.15, 0.2) is 5.96 Å². The zero-order valence-electron chi connectivity index (χ0n) is 19.7. The summed E-state index contributed by atoms with van der Waals surface area (Å²) < 4.78 is 7.48. The van der Waals surface area contributed by atoms with Gasteiger partial charge in [-0.25, -0.2) is 9.98 Å². The molecule has 0 aliphatic heterocycles. The van der Waals surface area contributed by atoms with Gasteiger partial charge >= 0.3 is 0 Å². The fourth-order valence-corrected chi connectivity index (χ4v) is 3.51. The second-order valence-electron chi connectivity index (χ2n) is 7.62. The fourth-order valence-electron chi connectivity index (χ4n) is 3.51. The number of ether oxygens (including phenoxy) is 1. The van der Waals surface area contributed by atoms with E-state index in [4.69, 9.17) is 9.73 Å². The molecule has 33 heavy (non-hydrogen) atoms. The van der Waals surface area contributed by atoms with Crippen molar-refractivity contribution in [2.75, 3.05) is 26.3 Å². The van der Waals surface area contributed by atoms with Crippen LogP contribution in [0.15, 0.2) is 72.2 Å². The van der Waals surface area contributed by atoms with Crippen LogP contribution in [-0.2, 0) is 17.8 Å². The second-order valence-corrected chi connectivity index (χ2v) is 7.62. The van der Waals surface area contributed by atoms with Crippen LogP contribution in [-0.4, -0.2) is 41.8 Å². The molecule has 2 aromatic carbocycles. The zero-order chi connectivity index (χ0) is 22.4.